The minimum atomic E-state index is -0.550. The van der Waals surface area contributed by atoms with E-state index < -0.39 is 11.9 Å². The van der Waals surface area contributed by atoms with Crippen molar-refractivity contribution in [1.82, 2.24) is 9.80 Å². The number of benzene rings is 5. The second kappa shape index (κ2) is 14.9. The summed E-state index contributed by atoms with van der Waals surface area (Å²) in [5.41, 5.74) is 19.8. The Kier molecular flexibility index (Phi) is 10.0. The van der Waals surface area contributed by atoms with E-state index in [1.807, 2.05) is 101 Å². The number of amides is 2. The van der Waals surface area contributed by atoms with E-state index in [-0.39, 0.29) is 11.8 Å². The second-order valence-corrected chi connectivity index (χ2v) is 11.9. The molecule has 0 aromatic heterocycles. The average Bonchev–Trinajstić information content (AvgIpc) is 3.74. The van der Waals surface area contributed by atoms with Crippen LogP contribution in [-0.2, 0) is 44.0 Å². The first-order valence-electron chi connectivity index (χ1n) is 16.0. The summed E-state index contributed by atoms with van der Waals surface area (Å²) >= 11 is 0. The van der Waals surface area contributed by atoms with Gasteiger partial charge in [0.05, 0.1) is 11.1 Å². The van der Waals surface area contributed by atoms with Gasteiger partial charge in [-0.25, -0.2) is 9.59 Å². The number of hydrogen-bond donors (Lipinski definition) is 2. The lowest BCUT2D eigenvalue weighted by atomic mass is 10.1. The number of fused-ring (bicyclic) bond motifs is 3. The van der Waals surface area contributed by atoms with Gasteiger partial charge in [0, 0.05) is 50.4 Å². The first-order chi connectivity index (χ1) is 23.8. The van der Waals surface area contributed by atoms with E-state index in [1.165, 1.54) is 0 Å². The summed E-state index contributed by atoms with van der Waals surface area (Å²) in [4.78, 5) is 50.6. The molecule has 9 heteroatoms. The van der Waals surface area contributed by atoms with Gasteiger partial charge in [-0.05, 0) is 57.6 Å². The Hall–Kier alpha value is -5.90. The Balaban J connectivity index is 0.000000162. The Labute approximate surface area is 284 Å². The molecule has 8 rings (SSSR count). The van der Waals surface area contributed by atoms with Crippen LogP contribution in [-0.4, -0.2) is 33.6 Å². The molecule has 0 radical (unpaired) electrons. The Bertz CT molecular complexity index is 1910. The van der Waals surface area contributed by atoms with Crippen LogP contribution in [0.1, 0.15) is 74.8 Å². The predicted molar refractivity (Wildman–Crippen MR) is 185 cm³/mol. The summed E-state index contributed by atoms with van der Waals surface area (Å²) in [6, 6.07) is 38.3. The number of carbonyl (C=O) groups is 4. The molecule has 0 aliphatic carbocycles. The van der Waals surface area contributed by atoms with E-state index in [9.17, 15) is 19.2 Å². The summed E-state index contributed by atoms with van der Waals surface area (Å²) in [5.74, 6) is -0.923. The van der Waals surface area contributed by atoms with E-state index in [1.54, 1.807) is 24.3 Å². The number of esters is 2. The van der Waals surface area contributed by atoms with Crippen molar-refractivity contribution < 1.29 is 23.9 Å². The highest BCUT2D eigenvalue weighted by molar-refractivity contribution is 6.14. The van der Waals surface area contributed by atoms with Crippen LogP contribution in [0.2, 0.25) is 0 Å². The third-order valence-corrected chi connectivity index (χ3v) is 8.55. The van der Waals surface area contributed by atoms with Crippen LogP contribution in [0.5, 0.6) is 0 Å². The van der Waals surface area contributed by atoms with E-state index in [4.69, 9.17) is 11.5 Å². The number of hydrogen-bond acceptors (Lipinski definition) is 7. The number of ether oxygens (including phenoxy) is 1. The number of cyclic esters (lactones) is 2. The molecule has 0 saturated heterocycles. The Morgan fingerprint density at radius 1 is 0.469 bits per heavy atom. The molecule has 0 saturated carbocycles. The van der Waals surface area contributed by atoms with Crippen LogP contribution >= 0.6 is 0 Å². The molecule has 0 unspecified atom stereocenters. The van der Waals surface area contributed by atoms with Crippen molar-refractivity contribution >= 4 is 23.8 Å². The molecule has 0 fully saturated rings. The minimum absolute atomic E-state index is 0.0890. The summed E-state index contributed by atoms with van der Waals surface area (Å²) in [6.45, 7) is 3.64. The third kappa shape index (κ3) is 7.49. The van der Waals surface area contributed by atoms with Crippen LogP contribution in [0.15, 0.2) is 121 Å². The van der Waals surface area contributed by atoms with Crippen LogP contribution in [0, 0.1) is 0 Å². The summed E-state index contributed by atoms with van der Waals surface area (Å²) < 4.78 is 4.35. The van der Waals surface area contributed by atoms with Gasteiger partial charge in [0.25, 0.3) is 11.8 Å². The van der Waals surface area contributed by atoms with E-state index >= 15 is 0 Å². The highest BCUT2D eigenvalue weighted by atomic mass is 16.6. The van der Waals surface area contributed by atoms with Gasteiger partial charge in [-0.2, -0.15) is 0 Å². The molecule has 49 heavy (non-hydrogen) atoms. The zero-order chi connectivity index (χ0) is 34.3. The third-order valence-electron chi connectivity index (χ3n) is 8.55. The Morgan fingerprint density at radius 2 is 0.837 bits per heavy atom. The number of rotatable bonds is 6. The van der Waals surface area contributed by atoms with Crippen molar-refractivity contribution in [2.45, 2.75) is 39.3 Å². The zero-order valence-electron chi connectivity index (χ0n) is 26.9. The van der Waals surface area contributed by atoms with Gasteiger partial charge in [0.2, 0.25) is 0 Å². The van der Waals surface area contributed by atoms with Gasteiger partial charge in [-0.1, -0.05) is 97.1 Å². The molecular weight excluding hydrogens is 616 g/mol. The average molecular weight is 653 g/mol. The molecule has 0 spiro atoms. The molecule has 0 atom stereocenters. The smallest absolute Gasteiger partial charge is 0.346 e. The lowest BCUT2D eigenvalue weighted by Crippen LogP contribution is -2.24. The summed E-state index contributed by atoms with van der Waals surface area (Å²) in [6.07, 6.45) is 0. The molecule has 5 aromatic rings. The quantitative estimate of drug-likeness (QED) is 0.180. The Morgan fingerprint density at radius 3 is 1.24 bits per heavy atom. The molecule has 3 aliphatic rings. The predicted octanol–water partition coefficient (Wildman–Crippen LogP) is 5.60. The van der Waals surface area contributed by atoms with Crippen LogP contribution < -0.4 is 11.5 Å². The minimum Gasteiger partial charge on any atom is -0.386 e. The van der Waals surface area contributed by atoms with Crippen molar-refractivity contribution in [3.05, 3.63) is 177 Å². The zero-order valence-corrected chi connectivity index (χ0v) is 26.9. The van der Waals surface area contributed by atoms with Gasteiger partial charge < -0.3 is 26.0 Å². The molecule has 0 bridgehead atoms. The van der Waals surface area contributed by atoms with Crippen molar-refractivity contribution in [2.24, 2.45) is 11.5 Å². The van der Waals surface area contributed by atoms with Gasteiger partial charge in [0.1, 0.15) is 0 Å². The van der Waals surface area contributed by atoms with E-state index in [0.717, 1.165) is 44.5 Å². The summed E-state index contributed by atoms with van der Waals surface area (Å²) in [5, 5.41) is 0. The van der Waals surface area contributed by atoms with Gasteiger partial charge in [-0.3, -0.25) is 9.59 Å². The van der Waals surface area contributed by atoms with Crippen LogP contribution in [0.4, 0.5) is 0 Å². The molecular formula is C40H36N4O5. The first-order valence-corrected chi connectivity index (χ1v) is 16.0. The van der Waals surface area contributed by atoms with Crippen molar-refractivity contribution in [2.75, 3.05) is 0 Å². The van der Waals surface area contributed by atoms with Crippen LogP contribution in [0.3, 0.4) is 0 Å². The lowest BCUT2D eigenvalue weighted by molar-refractivity contribution is 0.0443. The monoisotopic (exact) mass is 652 g/mol. The maximum Gasteiger partial charge on any atom is 0.346 e. The number of carbonyl (C=O) groups excluding carboxylic acids is 4. The van der Waals surface area contributed by atoms with Crippen molar-refractivity contribution in [3.8, 4) is 0 Å². The highest BCUT2D eigenvalue weighted by Gasteiger charge is 2.29. The fourth-order valence-corrected chi connectivity index (χ4v) is 6.07. The van der Waals surface area contributed by atoms with Gasteiger partial charge >= 0.3 is 11.9 Å². The molecule has 246 valence electrons. The number of nitrogens with two attached hydrogens (primary N) is 2. The van der Waals surface area contributed by atoms with Crippen LogP contribution in [0.25, 0.3) is 0 Å². The fourth-order valence-electron chi connectivity index (χ4n) is 6.07. The van der Waals surface area contributed by atoms with Gasteiger partial charge in [-0.15, -0.1) is 0 Å². The first kappa shape index (κ1) is 33.0. The molecule has 3 heterocycles. The van der Waals surface area contributed by atoms with Gasteiger partial charge in [0.15, 0.2) is 0 Å². The highest BCUT2D eigenvalue weighted by Crippen LogP contribution is 2.26. The second-order valence-electron chi connectivity index (χ2n) is 11.9. The maximum atomic E-state index is 12.6. The van der Waals surface area contributed by atoms with E-state index in [0.29, 0.717) is 50.4 Å². The topological polar surface area (TPSA) is 136 Å². The normalized spacial score (nSPS) is 13.9. The maximum absolute atomic E-state index is 12.6. The molecule has 9 nitrogen and oxygen atoms in total. The molecule has 2 amide bonds. The van der Waals surface area contributed by atoms with E-state index in [2.05, 4.69) is 10.8 Å². The molecule has 4 N–H and O–H groups in total. The van der Waals surface area contributed by atoms with Crippen molar-refractivity contribution in [3.63, 3.8) is 0 Å². The fraction of sp³-hybridized carbons (Fsp3) is 0.150. The lowest BCUT2D eigenvalue weighted by Gasteiger charge is -2.18. The SMILES string of the molecule is NCc1cccc(CN)c1.O=C1OC(=O)c2ccccc21.O=C1c2ccccc2CN1Cc1cccc(CN2Cc3ccccc3C2=O)c1. The largest absolute Gasteiger partial charge is 0.386 e. The number of nitrogens with zero attached hydrogens (tertiary/aromatic N) is 2. The summed E-state index contributed by atoms with van der Waals surface area (Å²) in [7, 11) is 0. The molecule has 5 aromatic carbocycles. The standard InChI is InChI=1S/C24H20N2O2.C8H12N2.C8H4O3/c27-23-21-10-3-1-8-19(21)15-25(23)13-17-6-5-7-18(12-17)14-26-16-20-9-2-4-11-22(20)24(26)28;9-5-7-2-1-3-8(4-7)6-10;9-7-5-3-1-2-4-6(5)8(10)11-7/h1-12H,13-16H2;1-4H,5-6,9-10H2;1-4H. The van der Waals surface area contributed by atoms with Crippen molar-refractivity contribution in [1.29, 1.82) is 0 Å². The molecule has 3 aliphatic heterocycles.